The lowest BCUT2D eigenvalue weighted by Gasteiger charge is -2.17. The molecule has 100 valence electrons. The van der Waals surface area contributed by atoms with E-state index in [2.05, 4.69) is 18.0 Å². The van der Waals surface area contributed by atoms with Crippen molar-refractivity contribution in [2.75, 3.05) is 13.1 Å². The number of hydrogen-bond donors (Lipinski definition) is 0. The SMILES string of the molecule is CCCN(CC#N)Cc1cc(=O)n2c(C)csc2n1. The smallest absolute Gasteiger partial charge is 0.259 e. The third-order valence-electron chi connectivity index (χ3n) is 2.85. The molecule has 0 amide bonds. The van der Waals surface area contributed by atoms with E-state index in [1.54, 1.807) is 10.5 Å². The fourth-order valence-corrected chi connectivity index (χ4v) is 2.93. The molecule has 6 heteroatoms. The topological polar surface area (TPSA) is 61.4 Å². The van der Waals surface area contributed by atoms with Crippen LogP contribution in [-0.2, 0) is 6.54 Å². The maximum Gasteiger partial charge on any atom is 0.259 e. The van der Waals surface area contributed by atoms with Gasteiger partial charge in [0.05, 0.1) is 18.3 Å². The summed E-state index contributed by atoms with van der Waals surface area (Å²) in [5.41, 5.74) is 1.59. The van der Waals surface area contributed by atoms with Crippen molar-refractivity contribution in [3.8, 4) is 6.07 Å². The molecule has 0 N–H and O–H groups in total. The van der Waals surface area contributed by atoms with Gasteiger partial charge in [0.25, 0.3) is 5.56 Å². The highest BCUT2D eigenvalue weighted by atomic mass is 32.1. The summed E-state index contributed by atoms with van der Waals surface area (Å²) >= 11 is 1.46. The summed E-state index contributed by atoms with van der Waals surface area (Å²) in [7, 11) is 0. The first-order valence-electron chi connectivity index (χ1n) is 6.21. The van der Waals surface area contributed by atoms with Crippen molar-refractivity contribution >= 4 is 16.3 Å². The second kappa shape index (κ2) is 5.95. The molecular formula is C13H16N4OS. The Labute approximate surface area is 115 Å². The molecule has 0 unspecified atom stereocenters. The molecule has 0 fully saturated rings. The van der Waals surface area contributed by atoms with E-state index in [9.17, 15) is 4.79 Å². The van der Waals surface area contributed by atoms with Crippen LogP contribution in [0.15, 0.2) is 16.2 Å². The van der Waals surface area contributed by atoms with Crippen molar-refractivity contribution in [1.29, 1.82) is 5.26 Å². The zero-order chi connectivity index (χ0) is 13.8. The number of nitriles is 1. The van der Waals surface area contributed by atoms with Crippen molar-refractivity contribution in [1.82, 2.24) is 14.3 Å². The van der Waals surface area contributed by atoms with Crippen LogP contribution in [0.2, 0.25) is 0 Å². The van der Waals surface area contributed by atoms with Crippen molar-refractivity contribution < 1.29 is 0 Å². The highest BCUT2D eigenvalue weighted by Gasteiger charge is 2.10. The quantitative estimate of drug-likeness (QED) is 0.781. The van der Waals surface area contributed by atoms with E-state index in [4.69, 9.17) is 5.26 Å². The van der Waals surface area contributed by atoms with E-state index in [1.807, 2.05) is 17.2 Å². The predicted molar refractivity (Wildman–Crippen MR) is 75.3 cm³/mol. The molecule has 0 aliphatic heterocycles. The van der Waals surface area contributed by atoms with Gasteiger partial charge in [-0.2, -0.15) is 5.26 Å². The summed E-state index contributed by atoms with van der Waals surface area (Å²) in [5.74, 6) is 0. The third-order valence-corrected chi connectivity index (χ3v) is 3.79. The Morgan fingerprint density at radius 3 is 3.05 bits per heavy atom. The summed E-state index contributed by atoms with van der Waals surface area (Å²) < 4.78 is 1.61. The fraction of sp³-hybridized carbons (Fsp3) is 0.462. The van der Waals surface area contributed by atoms with Crippen molar-refractivity contribution in [2.24, 2.45) is 0 Å². The number of aromatic nitrogens is 2. The summed E-state index contributed by atoms with van der Waals surface area (Å²) in [5, 5.41) is 10.7. The average Bonchev–Trinajstić information content (AvgIpc) is 2.72. The molecule has 2 rings (SSSR count). The standard InChI is InChI=1S/C13H16N4OS/c1-3-5-16(6-4-14)8-11-7-12(18)17-10(2)9-19-13(17)15-11/h7,9H,3,5-6,8H2,1-2H3. The van der Waals surface area contributed by atoms with Gasteiger partial charge in [-0.1, -0.05) is 6.92 Å². The minimum absolute atomic E-state index is 0.0489. The molecule has 2 aromatic rings. The lowest BCUT2D eigenvalue weighted by Crippen LogP contribution is -2.26. The van der Waals surface area contributed by atoms with E-state index in [1.165, 1.54) is 11.3 Å². The van der Waals surface area contributed by atoms with Crippen molar-refractivity contribution in [3.05, 3.63) is 33.2 Å². The zero-order valence-corrected chi connectivity index (χ0v) is 11.9. The summed E-state index contributed by atoms with van der Waals surface area (Å²) in [6, 6.07) is 3.71. The Kier molecular flexibility index (Phi) is 4.30. The van der Waals surface area contributed by atoms with Gasteiger partial charge in [0.15, 0.2) is 4.96 Å². The molecule has 19 heavy (non-hydrogen) atoms. The minimum atomic E-state index is -0.0489. The maximum atomic E-state index is 12.0. The molecule has 0 aromatic carbocycles. The summed E-state index contributed by atoms with van der Waals surface area (Å²) in [6.45, 7) is 5.70. The average molecular weight is 276 g/mol. The molecule has 5 nitrogen and oxygen atoms in total. The van der Waals surface area contributed by atoms with Gasteiger partial charge < -0.3 is 0 Å². The molecule has 0 saturated heterocycles. The molecular weight excluding hydrogens is 260 g/mol. The Morgan fingerprint density at radius 1 is 1.58 bits per heavy atom. The summed E-state index contributed by atoms with van der Waals surface area (Å²) in [4.78, 5) is 19.2. The van der Waals surface area contributed by atoms with Crippen LogP contribution in [-0.4, -0.2) is 27.4 Å². The Morgan fingerprint density at radius 2 is 2.37 bits per heavy atom. The van der Waals surface area contributed by atoms with Crippen LogP contribution in [0.25, 0.3) is 4.96 Å². The number of nitrogens with zero attached hydrogens (tertiary/aromatic N) is 4. The maximum absolute atomic E-state index is 12.0. The van der Waals surface area contributed by atoms with Gasteiger partial charge in [-0.15, -0.1) is 11.3 Å². The van der Waals surface area contributed by atoms with E-state index in [0.717, 1.165) is 24.4 Å². The molecule has 0 spiro atoms. The predicted octanol–water partition coefficient (Wildman–Crippen LogP) is 1.80. The van der Waals surface area contributed by atoms with Gasteiger partial charge in [-0.3, -0.25) is 14.1 Å². The lowest BCUT2D eigenvalue weighted by atomic mass is 10.3. The monoisotopic (exact) mass is 276 g/mol. The number of fused-ring (bicyclic) bond motifs is 1. The van der Waals surface area contributed by atoms with Gasteiger partial charge in [-0.05, 0) is 19.9 Å². The third kappa shape index (κ3) is 3.00. The second-order valence-electron chi connectivity index (χ2n) is 4.45. The largest absolute Gasteiger partial charge is 0.285 e. The van der Waals surface area contributed by atoms with Gasteiger partial charge in [0, 0.05) is 23.7 Å². The van der Waals surface area contributed by atoms with Crippen LogP contribution in [0.4, 0.5) is 0 Å². The van der Waals surface area contributed by atoms with Crippen LogP contribution in [0, 0.1) is 18.3 Å². The van der Waals surface area contributed by atoms with Crippen molar-refractivity contribution in [3.63, 3.8) is 0 Å². The highest BCUT2D eigenvalue weighted by molar-refractivity contribution is 7.15. The number of aryl methyl sites for hydroxylation is 1. The summed E-state index contributed by atoms with van der Waals surface area (Å²) in [6.07, 6.45) is 0.973. The fourth-order valence-electron chi connectivity index (χ4n) is 2.04. The van der Waals surface area contributed by atoms with E-state index in [0.29, 0.717) is 18.1 Å². The molecule has 0 saturated carbocycles. The molecule has 0 bridgehead atoms. The lowest BCUT2D eigenvalue weighted by molar-refractivity contribution is 0.295. The second-order valence-corrected chi connectivity index (χ2v) is 5.29. The molecule has 0 aliphatic carbocycles. The molecule has 0 radical (unpaired) electrons. The van der Waals surface area contributed by atoms with E-state index >= 15 is 0 Å². The Balaban J connectivity index is 2.30. The zero-order valence-electron chi connectivity index (χ0n) is 11.1. The molecule has 2 heterocycles. The van der Waals surface area contributed by atoms with E-state index in [-0.39, 0.29) is 5.56 Å². The first-order valence-corrected chi connectivity index (χ1v) is 7.09. The molecule has 2 aromatic heterocycles. The minimum Gasteiger partial charge on any atom is -0.285 e. The normalized spacial score (nSPS) is 11.1. The van der Waals surface area contributed by atoms with Crippen LogP contribution in [0.5, 0.6) is 0 Å². The van der Waals surface area contributed by atoms with Crippen LogP contribution in [0.3, 0.4) is 0 Å². The van der Waals surface area contributed by atoms with Crippen LogP contribution in [0.1, 0.15) is 24.7 Å². The number of thiazole rings is 1. The van der Waals surface area contributed by atoms with Gasteiger partial charge in [0.2, 0.25) is 0 Å². The Bertz CT molecular complexity index is 667. The molecule has 0 atom stereocenters. The highest BCUT2D eigenvalue weighted by Crippen LogP contribution is 2.12. The molecule has 0 aliphatic rings. The first kappa shape index (κ1) is 13.7. The Hall–Kier alpha value is -1.71. The van der Waals surface area contributed by atoms with E-state index < -0.39 is 0 Å². The van der Waals surface area contributed by atoms with Crippen molar-refractivity contribution in [2.45, 2.75) is 26.8 Å². The van der Waals surface area contributed by atoms with Gasteiger partial charge >= 0.3 is 0 Å². The van der Waals surface area contributed by atoms with Crippen LogP contribution >= 0.6 is 11.3 Å². The van der Waals surface area contributed by atoms with Gasteiger partial charge in [-0.25, -0.2) is 4.98 Å². The number of rotatable bonds is 5. The van der Waals surface area contributed by atoms with Crippen LogP contribution < -0.4 is 5.56 Å². The number of hydrogen-bond acceptors (Lipinski definition) is 5. The van der Waals surface area contributed by atoms with Gasteiger partial charge in [0.1, 0.15) is 0 Å². The first-order chi connectivity index (χ1) is 9.15.